The van der Waals surface area contributed by atoms with Crippen molar-refractivity contribution < 1.29 is 4.74 Å². The number of fused-ring (bicyclic) bond motifs is 3. The molecule has 1 N–H and O–H groups in total. The molecular formula is C15H17N3OS. The lowest BCUT2D eigenvalue weighted by atomic mass is 10.1. The Hall–Kier alpha value is -1.43. The van der Waals surface area contributed by atoms with E-state index in [1.807, 2.05) is 18.2 Å². The molecular weight excluding hydrogens is 270 g/mol. The number of rotatable bonds is 2. The van der Waals surface area contributed by atoms with Crippen molar-refractivity contribution in [3.8, 4) is 17.0 Å². The first-order valence-corrected chi connectivity index (χ1v) is 7.86. The number of benzene rings is 1. The maximum atomic E-state index is 5.80. The highest BCUT2D eigenvalue weighted by Gasteiger charge is 2.22. The van der Waals surface area contributed by atoms with Crippen molar-refractivity contribution in [2.75, 3.05) is 26.2 Å². The Morgan fingerprint density at radius 2 is 2.10 bits per heavy atom. The van der Waals surface area contributed by atoms with Crippen molar-refractivity contribution in [3.63, 3.8) is 0 Å². The Kier molecular flexibility index (Phi) is 3.18. The van der Waals surface area contributed by atoms with Gasteiger partial charge in [-0.25, -0.2) is 4.98 Å². The third-order valence-electron chi connectivity index (χ3n) is 3.81. The lowest BCUT2D eigenvalue weighted by Gasteiger charge is -2.26. The number of thiazole rings is 1. The zero-order valence-corrected chi connectivity index (χ0v) is 12.1. The van der Waals surface area contributed by atoms with E-state index in [2.05, 4.69) is 16.3 Å². The summed E-state index contributed by atoms with van der Waals surface area (Å²) in [5, 5.41) is 4.59. The first kappa shape index (κ1) is 12.3. The summed E-state index contributed by atoms with van der Waals surface area (Å²) >= 11 is 1.79. The number of hydrogen-bond acceptors (Lipinski definition) is 5. The van der Waals surface area contributed by atoms with Crippen LogP contribution in [0.15, 0.2) is 24.3 Å². The molecule has 0 saturated carbocycles. The molecule has 0 bridgehead atoms. The van der Waals surface area contributed by atoms with Crippen molar-refractivity contribution in [2.24, 2.45) is 0 Å². The van der Waals surface area contributed by atoms with Gasteiger partial charge in [-0.2, -0.15) is 0 Å². The summed E-state index contributed by atoms with van der Waals surface area (Å²) in [4.78, 5) is 8.59. The molecule has 1 fully saturated rings. The van der Waals surface area contributed by atoms with E-state index in [1.54, 1.807) is 11.3 Å². The molecule has 3 heterocycles. The van der Waals surface area contributed by atoms with Crippen molar-refractivity contribution >= 4 is 11.3 Å². The topological polar surface area (TPSA) is 37.4 Å². The van der Waals surface area contributed by atoms with E-state index in [0.717, 1.165) is 49.7 Å². The molecule has 0 amide bonds. The van der Waals surface area contributed by atoms with Crippen molar-refractivity contribution in [1.82, 2.24) is 15.2 Å². The van der Waals surface area contributed by atoms with Crippen molar-refractivity contribution in [1.29, 1.82) is 0 Å². The van der Waals surface area contributed by atoms with Gasteiger partial charge in [0.1, 0.15) is 17.4 Å². The van der Waals surface area contributed by atoms with Crippen LogP contribution in [0.3, 0.4) is 0 Å². The average molecular weight is 287 g/mol. The van der Waals surface area contributed by atoms with E-state index in [9.17, 15) is 0 Å². The highest BCUT2D eigenvalue weighted by molar-refractivity contribution is 7.12. The number of aromatic nitrogens is 1. The fraction of sp³-hybridized carbons (Fsp3) is 0.400. The highest BCUT2D eigenvalue weighted by atomic mass is 32.1. The molecule has 2 aromatic rings. The summed E-state index contributed by atoms with van der Waals surface area (Å²) in [6.45, 7) is 6.00. The lowest BCUT2D eigenvalue weighted by Crippen LogP contribution is -2.42. The average Bonchev–Trinajstić information content (AvgIpc) is 2.91. The van der Waals surface area contributed by atoms with E-state index in [4.69, 9.17) is 9.72 Å². The Balaban J connectivity index is 1.61. The highest BCUT2D eigenvalue weighted by Crippen LogP contribution is 2.39. The molecule has 1 aromatic carbocycles. The number of para-hydroxylation sites is 1. The molecule has 0 radical (unpaired) electrons. The summed E-state index contributed by atoms with van der Waals surface area (Å²) in [5.74, 6) is 0.957. The van der Waals surface area contributed by atoms with Gasteiger partial charge in [-0.3, -0.25) is 4.90 Å². The second kappa shape index (κ2) is 5.16. The summed E-state index contributed by atoms with van der Waals surface area (Å²) in [5.41, 5.74) is 2.26. The fourth-order valence-corrected chi connectivity index (χ4v) is 3.81. The number of hydrogen-bond donors (Lipinski definition) is 1. The van der Waals surface area contributed by atoms with Crippen molar-refractivity contribution in [2.45, 2.75) is 13.2 Å². The Morgan fingerprint density at radius 3 is 3.00 bits per heavy atom. The quantitative estimate of drug-likeness (QED) is 0.918. The van der Waals surface area contributed by atoms with Crippen LogP contribution in [0.5, 0.6) is 5.75 Å². The van der Waals surface area contributed by atoms with E-state index < -0.39 is 0 Å². The summed E-state index contributed by atoms with van der Waals surface area (Å²) < 4.78 is 5.80. The van der Waals surface area contributed by atoms with Gasteiger partial charge in [0.25, 0.3) is 0 Å². The van der Waals surface area contributed by atoms with Gasteiger partial charge in [0.2, 0.25) is 0 Å². The third-order valence-corrected chi connectivity index (χ3v) is 4.82. The van der Waals surface area contributed by atoms with E-state index in [0.29, 0.717) is 6.61 Å². The predicted octanol–water partition coefficient (Wildman–Crippen LogP) is 2.11. The summed E-state index contributed by atoms with van der Waals surface area (Å²) in [7, 11) is 0. The van der Waals surface area contributed by atoms with Crippen LogP contribution >= 0.6 is 11.3 Å². The van der Waals surface area contributed by atoms with Gasteiger partial charge < -0.3 is 10.1 Å². The zero-order valence-electron chi connectivity index (χ0n) is 11.3. The first-order chi connectivity index (χ1) is 9.90. The van der Waals surface area contributed by atoms with E-state index >= 15 is 0 Å². The minimum absolute atomic E-state index is 0.658. The largest absolute Gasteiger partial charge is 0.487 e. The Morgan fingerprint density at radius 1 is 1.25 bits per heavy atom. The minimum atomic E-state index is 0.658. The molecule has 2 aliphatic rings. The molecule has 4 rings (SSSR count). The molecule has 0 unspecified atom stereocenters. The zero-order chi connectivity index (χ0) is 13.4. The van der Waals surface area contributed by atoms with E-state index in [-0.39, 0.29) is 0 Å². The molecule has 4 nitrogen and oxygen atoms in total. The van der Waals surface area contributed by atoms with Gasteiger partial charge in [-0.1, -0.05) is 12.1 Å². The fourth-order valence-electron chi connectivity index (χ4n) is 2.77. The molecule has 104 valence electrons. The molecule has 0 aliphatic carbocycles. The van der Waals surface area contributed by atoms with Crippen molar-refractivity contribution in [3.05, 3.63) is 34.2 Å². The molecule has 20 heavy (non-hydrogen) atoms. The van der Waals surface area contributed by atoms with Crippen LogP contribution < -0.4 is 10.1 Å². The van der Waals surface area contributed by atoms with Gasteiger partial charge in [0, 0.05) is 31.7 Å². The maximum absolute atomic E-state index is 5.80. The Bertz CT molecular complexity index is 619. The lowest BCUT2D eigenvalue weighted by molar-refractivity contribution is 0.233. The van der Waals surface area contributed by atoms with Gasteiger partial charge in [-0.15, -0.1) is 11.3 Å². The van der Waals surface area contributed by atoms with Crippen LogP contribution in [-0.4, -0.2) is 36.1 Å². The van der Waals surface area contributed by atoms with Crippen LogP contribution in [0.1, 0.15) is 9.88 Å². The molecule has 2 aliphatic heterocycles. The van der Waals surface area contributed by atoms with Gasteiger partial charge in [0.15, 0.2) is 0 Å². The smallest absolute Gasteiger partial charge is 0.129 e. The van der Waals surface area contributed by atoms with Crippen LogP contribution in [0.4, 0.5) is 0 Å². The molecule has 0 spiro atoms. The van der Waals surface area contributed by atoms with Crippen LogP contribution in [0.25, 0.3) is 11.3 Å². The van der Waals surface area contributed by atoms with Crippen LogP contribution in [-0.2, 0) is 13.2 Å². The monoisotopic (exact) mass is 287 g/mol. The molecule has 1 saturated heterocycles. The SMILES string of the molecule is c1ccc2c(c1)OCc1sc(CN3CCNCC3)nc1-2. The standard InChI is InChI=1S/C15H17N3OS/c1-2-4-12-11(3-1)15-13(10-19-12)20-14(17-15)9-18-7-5-16-6-8-18/h1-4,16H,5-10H2. The van der Waals surface area contributed by atoms with Gasteiger partial charge >= 0.3 is 0 Å². The predicted molar refractivity (Wildman–Crippen MR) is 80.0 cm³/mol. The second-order valence-corrected chi connectivity index (χ2v) is 6.36. The van der Waals surface area contributed by atoms with Gasteiger partial charge in [0.05, 0.1) is 17.1 Å². The maximum Gasteiger partial charge on any atom is 0.129 e. The molecule has 0 atom stereocenters. The summed E-state index contributed by atoms with van der Waals surface area (Å²) in [6.07, 6.45) is 0. The minimum Gasteiger partial charge on any atom is -0.487 e. The Labute approximate surface area is 122 Å². The number of ether oxygens (including phenoxy) is 1. The second-order valence-electron chi connectivity index (χ2n) is 5.19. The number of nitrogens with zero attached hydrogens (tertiary/aromatic N) is 2. The van der Waals surface area contributed by atoms with Crippen LogP contribution in [0.2, 0.25) is 0 Å². The molecule has 1 aromatic heterocycles. The van der Waals surface area contributed by atoms with E-state index in [1.165, 1.54) is 9.88 Å². The van der Waals surface area contributed by atoms with Crippen LogP contribution in [0, 0.1) is 0 Å². The number of piperazine rings is 1. The molecule has 5 heteroatoms. The third kappa shape index (κ3) is 2.22. The van der Waals surface area contributed by atoms with Gasteiger partial charge in [-0.05, 0) is 12.1 Å². The summed E-state index contributed by atoms with van der Waals surface area (Å²) in [6, 6.07) is 8.18. The first-order valence-electron chi connectivity index (χ1n) is 7.04. The number of nitrogens with one attached hydrogen (secondary N) is 1. The normalized spacial score (nSPS) is 18.2.